The molecule has 5 atom stereocenters. The topological polar surface area (TPSA) is 57.6 Å². The molecular formula is C27H39NO3. The van der Waals surface area contributed by atoms with Crippen LogP contribution in [0.4, 0.5) is 0 Å². The SMILES string of the molecule is Cc1cc2c(cc1C(=O)O)CC[C@@H]1[C@@H]2CC[C@]2(C)[C@@H](C(=O)N(C(C)C)C(C)C)CC[C@@H]12. The Balaban J connectivity index is 1.62. The normalized spacial score (nSPS) is 31.9. The highest BCUT2D eigenvalue weighted by Crippen LogP contribution is 2.63. The highest BCUT2D eigenvalue weighted by Gasteiger charge is 2.57. The van der Waals surface area contributed by atoms with E-state index in [0.717, 1.165) is 44.1 Å². The average Bonchev–Trinajstić information content (AvgIpc) is 3.03. The predicted octanol–water partition coefficient (Wildman–Crippen LogP) is 5.81. The molecular weight excluding hydrogens is 386 g/mol. The van der Waals surface area contributed by atoms with E-state index in [4.69, 9.17) is 0 Å². The van der Waals surface area contributed by atoms with Crippen LogP contribution in [0.15, 0.2) is 12.1 Å². The van der Waals surface area contributed by atoms with Crippen LogP contribution in [0.25, 0.3) is 0 Å². The fourth-order valence-electron chi connectivity index (χ4n) is 7.66. The van der Waals surface area contributed by atoms with Gasteiger partial charge in [0.15, 0.2) is 0 Å². The van der Waals surface area contributed by atoms with E-state index in [1.165, 1.54) is 11.1 Å². The maximum Gasteiger partial charge on any atom is 0.335 e. The Morgan fingerprint density at radius 2 is 1.74 bits per heavy atom. The zero-order valence-electron chi connectivity index (χ0n) is 20.1. The lowest BCUT2D eigenvalue weighted by Crippen LogP contribution is -2.50. The summed E-state index contributed by atoms with van der Waals surface area (Å²) in [5.74, 6) is 1.41. The quantitative estimate of drug-likeness (QED) is 0.662. The molecule has 2 fully saturated rings. The molecule has 3 aliphatic carbocycles. The minimum atomic E-state index is -0.823. The molecule has 1 amide bonds. The number of rotatable bonds is 4. The molecule has 0 saturated heterocycles. The number of amides is 1. The molecule has 1 aromatic rings. The second kappa shape index (κ2) is 7.94. The van der Waals surface area contributed by atoms with E-state index < -0.39 is 5.97 Å². The molecule has 1 N–H and O–H groups in total. The summed E-state index contributed by atoms with van der Waals surface area (Å²) in [4.78, 5) is 27.4. The molecule has 0 aromatic heterocycles. The van der Waals surface area contributed by atoms with Gasteiger partial charge in [-0.25, -0.2) is 4.79 Å². The van der Waals surface area contributed by atoms with Crippen molar-refractivity contribution in [2.75, 3.05) is 0 Å². The molecule has 0 unspecified atom stereocenters. The highest BCUT2D eigenvalue weighted by atomic mass is 16.4. The number of carbonyl (C=O) groups excluding carboxylic acids is 1. The molecule has 1 aromatic carbocycles. The van der Waals surface area contributed by atoms with Gasteiger partial charge in [0.25, 0.3) is 0 Å². The Labute approximate surface area is 187 Å². The smallest absolute Gasteiger partial charge is 0.335 e. The zero-order valence-corrected chi connectivity index (χ0v) is 20.1. The number of carbonyl (C=O) groups is 2. The third-order valence-electron chi connectivity index (χ3n) is 8.97. The molecule has 31 heavy (non-hydrogen) atoms. The molecule has 4 heteroatoms. The van der Waals surface area contributed by atoms with E-state index in [-0.39, 0.29) is 23.4 Å². The summed E-state index contributed by atoms with van der Waals surface area (Å²) in [6, 6.07) is 4.56. The van der Waals surface area contributed by atoms with E-state index in [1.54, 1.807) is 0 Å². The number of aryl methyl sites for hydroxylation is 2. The van der Waals surface area contributed by atoms with Crippen LogP contribution in [-0.4, -0.2) is 34.0 Å². The molecule has 3 aliphatic rings. The van der Waals surface area contributed by atoms with Gasteiger partial charge in [0.05, 0.1) is 5.56 Å². The monoisotopic (exact) mass is 425 g/mol. The molecule has 4 rings (SSSR count). The Morgan fingerprint density at radius 3 is 2.35 bits per heavy atom. The second-order valence-corrected chi connectivity index (χ2v) is 11.2. The van der Waals surface area contributed by atoms with Gasteiger partial charge in [-0.05, 0) is 119 Å². The first kappa shape index (κ1) is 22.4. The van der Waals surface area contributed by atoms with Crippen LogP contribution in [-0.2, 0) is 11.2 Å². The fourth-order valence-corrected chi connectivity index (χ4v) is 7.66. The minimum absolute atomic E-state index is 0.0911. The summed E-state index contributed by atoms with van der Waals surface area (Å²) in [7, 11) is 0. The molecule has 4 nitrogen and oxygen atoms in total. The molecule has 0 spiro atoms. The van der Waals surface area contributed by atoms with Crippen LogP contribution in [0.1, 0.15) is 99.7 Å². The van der Waals surface area contributed by atoms with E-state index >= 15 is 0 Å². The number of nitrogens with zero attached hydrogens (tertiary/aromatic N) is 1. The summed E-state index contributed by atoms with van der Waals surface area (Å²) in [5.41, 5.74) is 4.05. The lowest BCUT2D eigenvalue weighted by molar-refractivity contribution is -0.144. The van der Waals surface area contributed by atoms with Gasteiger partial charge in [-0.3, -0.25) is 4.79 Å². The van der Waals surface area contributed by atoms with E-state index in [0.29, 0.717) is 29.2 Å². The van der Waals surface area contributed by atoms with Crippen molar-refractivity contribution in [1.29, 1.82) is 0 Å². The minimum Gasteiger partial charge on any atom is -0.478 e. The van der Waals surface area contributed by atoms with Crippen LogP contribution in [0.5, 0.6) is 0 Å². The van der Waals surface area contributed by atoms with Crippen LogP contribution >= 0.6 is 0 Å². The summed E-state index contributed by atoms with van der Waals surface area (Å²) in [6.07, 6.45) is 6.47. The highest BCUT2D eigenvalue weighted by molar-refractivity contribution is 5.89. The summed E-state index contributed by atoms with van der Waals surface area (Å²) in [6.45, 7) is 12.9. The van der Waals surface area contributed by atoms with Gasteiger partial charge in [-0.1, -0.05) is 13.0 Å². The number of carboxylic acid groups (broad SMARTS) is 1. The number of fused-ring (bicyclic) bond motifs is 5. The Morgan fingerprint density at radius 1 is 1.06 bits per heavy atom. The predicted molar refractivity (Wildman–Crippen MR) is 123 cm³/mol. The van der Waals surface area contributed by atoms with Crippen molar-refractivity contribution in [3.05, 3.63) is 34.4 Å². The summed E-state index contributed by atoms with van der Waals surface area (Å²) >= 11 is 0. The second-order valence-electron chi connectivity index (χ2n) is 11.2. The molecule has 170 valence electrons. The van der Waals surface area contributed by atoms with Gasteiger partial charge in [-0.15, -0.1) is 0 Å². The van der Waals surface area contributed by atoms with Crippen molar-refractivity contribution in [1.82, 2.24) is 4.90 Å². The first-order chi connectivity index (χ1) is 14.6. The van der Waals surface area contributed by atoms with Crippen molar-refractivity contribution >= 4 is 11.9 Å². The Kier molecular flexibility index (Phi) is 5.72. The average molecular weight is 426 g/mol. The Hall–Kier alpha value is -1.84. The molecule has 0 heterocycles. The fraction of sp³-hybridized carbons (Fsp3) is 0.704. The van der Waals surface area contributed by atoms with Gasteiger partial charge >= 0.3 is 5.97 Å². The van der Waals surface area contributed by atoms with Crippen LogP contribution < -0.4 is 0 Å². The molecule has 0 bridgehead atoms. The number of aromatic carboxylic acids is 1. The number of benzene rings is 1. The Bertz CT molecular complexity index is 881. The molecule has 0 radical (unpaired) electrons. The maximum absolute atomic E-state index is 13.7. The molecule has 0 aliphatic heterocycles. The third kappa shape index (κ3) is 3.50. The van der Waals surface area contributed by atoms with Crippen LogP contribution in [0.2, 0.25) is 0 Å². The van der Waals surface area contributed by atoms with Crippen molar-refractivity contribution in [2.45, 2.75) is 98.1 Å². The first-order valence-electron chi connectivity index (χ1n) is 12.2. The van der Waals surface area contributed by atoms with Gasteiger partial charge in [0, 0.05) is 18.0 Å². The summed E-state index contributed by atoms with van der Waals surface area (Å²) in [5, 5.41) is 9.52. The largest absolute Gasteiger partial charge is 0.478 e. The zero-order chi connectivity index (χ0) is 22.7. The van der Waals surface area contributed by atoms with Gasteiger partial charge in [-0.2, -0.15) is 0 Å². The third-order valence-corrected chi connectivity index (χ3v) is 8.97. The van der Waals surface area contributed by atoms with Crippen LogP contribution in [0.3, 0.4) is 0 Å². The standard InChI is InChI=1S/C27H39NO3/c1-15(2)28(16(3)4)25(29)24-10-9-23-20-8-7-18-14-21(26(30)31)17(5)13-22(18)19(20)11-12-27(23,24)6/h13-16,19-20,23-24H,7-12H2,1-6H3,(H,30,31)/t19-,20+,23-,24+,27-/m0/s1. The lowest BCUT2D eigenvalue weighted by Gasteiger charge is -2.51. The van der Waals surface area contributed by atoms with Gasteiger partial charge in [0.2, 0.25) is 5.91 Å². The van der Waals surface area contributed by atoms with Crippen molar-refractivity contribution < 1.29 is 14.7 Å². The van der Waals surface area contributed by atoms with E-state index in [9.17, 15) is 14.7 Å². The summed E-state index contributed by atoms with van der Waals surface area (Å²) < 4.78 is 0. The van der Waals surface area contributed by atoms with Crippen LogP contribution in [0, 0.1) is 30.1 Å². The molecule has 2 saturated carbocycles. The van der Waals surface area contributed by atoms with Crippen molar-refractivity contribution in [3.63, 3.8) is 0 Å². The van der Waals surface area contributed by atoms with Gasteiger partial charge in [0.1, 0.15) is 0 Å². The van der Waals surface area contributed by atoms with Crippen molar-refractivity contribution in [2.24, 2.45) is 23.2 Å². The lowest BCUT2D eigenvalue weighted by atomic mass is 9.54. The van der Waals surface area contributed by atoms with E-state index in [1.807, 2.05) is 13.0 Å². The van der Waals surface area contributed by atoms with E-state index in [2.05, 4.69) is 45.6 Å². The van der Waals surface area contributed by atoms with Gasteiger partial charge < -0.3 is 10.0 Å². The maximum atomic E-state index is 13.7. The number of carboxylic acids is 1. The number of hydrogen-bond donors (Lipinski definition) is 1. The van der Waals surface area contributed by atoms with Crippen molar-refractivity contribution in [3.8, 4) is 0 Å². The number of hydrogen-bond acceptors (Lipinski definition) is 2. The first-order valence-corrected chi connectivity index (χ1v) is 12.2.